The van der Waals surface area contributed by atoms with Crippen molar-refractivity contribution in [1.29, 1.82) is 0 Å². The average Bonchev–Trinajstić information content (AvgIpc) is 2.47. The van der Waals surface area contributed by atoms with Crippen LogP contribution in [0.5, 0.6) is 0 Å². The van der Waals surface area contributed by atoms with E-state index in [4.69, 9.17) is 23.2 Å². The molecular weight excluding hydrogens is 352 g/mol. The van der Waals surface area contributed by atoms with Gasteiger partial charge in [-0.2, -0.15) is 13.2 Å². The van der Waals surface area contributed by atoms with Gasteiger partial charge in [-0.3, -0.25) is 9.78 Å². The lowest BCUT2D eigenvalue weighted by Crippen LogP contribution is -2.25. The molecule has 0 saturated carbocycles. The van der Waals surface area contributed by atoms with Crippen LogP contribution in [0.1, 0.15) is 16.8 Å². The number of carbonyl (C=O) groups is 1. The van der Waals surface area contributed by atoms with Crippen LogP contribution in [-0.2, 0) is 23.9 Å². The fraction of sp³-hybridized carbons (Fsp3) is 0.200. The van der Waals surface area contributed by atoms with Crippen LogP contribution in [0.25, 0.3) is 0 Å². The number of rotatable bonds is 4. The van der Waals surface area contributed by atoms with Gasteiger partial charge >= 0.3 is 6.18 Å². The van der Waals surface area contributed by atoms with Crippen molar-refractivity contribution in [2.45, 2.75) is 19.1 Å². The SMILES string of the molecule is O=C(Cc1ccc(Cl)cc1)NCc1ncc(C(F)(F)F)cc1Cl. The highest BCUT2D eigenvalue weighted by atomic mass is 35.5. The molecule has 1 aromatic heterocycles. The first-order valence-electron chi connectivity index (χ1n) is 6.48. The molecule has 0 aliphatic heterocycles. The summed E-state index contributed by atoms with van der Waals surface area (Å²) in [7, 11) is 0. The first-order valence-corrected chi connectivity index (χ1v) is 7.24. The predicted molar refractivity (Wildman–Crippen MR) is 81.3 cm³/mol. The van der Waals surface area contributed by atoms with E-state index in [1.165, 1.54) is 0 Å². The minimum absolute atomic E-state index is 0.0522. The Kier molecular flexibility index (Phi) is 5.49. The summed E-state index contributed by atoms with van der Waals surface area (Å²) >= 11 is 11.5. The summed E-state index contributed by atoms with van der Waals surface area (Å²) in [6.45, 7) is -0.0522. The second-order valence-corrected chi connectivity index (χ2v) is 5.57. The minimum atomic E-state index is -4.51. The third-order valence-corrected chi connectivity index (χ3v) is 3.55. The number of pyridine rings is 1. The zero-order chi connectivity index (χ0) is 17.0. The van der Waals surface area contributed by atoms with Gasteiger partial charge < -0.3 is 5.32 Å². The van der Waals surface area contributed by atoms with Crippen molar-refractivity contribution in [3.8, 4) is 0 Å². The van der Waals surface area contributed by atoms with Gasteiger partial charge in [0, 0.05) is 11.2 Å². The maximum absolute atomic E-state index is 12.5. The number of alkyl halides is 3. The Morgan fingerprint density at radius 2 is 1.83 bits per heavy atom. The van der Waals surface area contributed by atoms with Crippen molar-refractivity contribution in [2.24, 2.45) is 0 Å². The Morgan fingerprint density at radius 1 is 1.17 bits per heavy atom. The van der Waals surface area contributed by atoms with Gasteiger partial charge in [-0.05, 0) is 23.8 Å². The number of carbonyl (C=O) groups excluding carboxylic acids is 1. The van der Waals surface area contributed by atoms with E-state index in [0.717, 1.165) is 11.6 Å². The van der Waals surface area contributed by atoms with Crippen molar-refractivity contribution < 1.29 is 18.0 Å². The van der Waals surface area contributed by atoms with E-state index in [1.807, 2.05) is 0 Å². The van der Waals surface area contributed by atoms with Gasteiger partial charge in [0.1, 0.15) is 0 Å². The molecule has 0 radical (unpaired) electrons. The number of halogens is 5. The van der Waals surface area contributed by atoms with Crippen LogP contribution in [0, 0.1) is 0 Å². The van der Waals surface area contributed by atoms with Crippen LogP contribution in [0.4, 0.5) is 13.2 Å². The summed E-state index contributed by atoms with van der Waals surface area (Å²) in [5, 5.41) is 2.98. The van der Waals surface area contributed by atoms with Crippen LogP contribution >= 0.6 is 23.2 Å². The molecule has 0 spiro atoms. The van der Waals surface area contributed by atoms with E-state index in [-0.39, 0.29) is 29.6 Å². The molecule has 122 valence electrons. The van der Waals surface area contributed by atoms with Crippen LogP contribution < -0.4 is 5.32 Å². The molecule has 2 rings (SSSR count). The summed E-state index contributed by atoms with van der Waals surface area (Å²) in [6.07, 6.45) is -3.70. The van der Waals surface area contributed by atoms with Gasteiger partial charge in [0.05, 0.1) is 29.2 Å². The minimum Gasteiger partial charge on any atom is -0.350 e. The summed E-state index contributed by atoms with van der Waals surface area (Å²) in [5.74, 6) is -0.301. The number of nitrogens with zero attached hydrogens (tertiary/aromatic N) is 1. The lowest BCUT2D eigenvalue weighted by Gasteiger charge is -2.10. The molecule has 2 aromatic rings. The number of hydrogen-bond donors (Lipinski definition) is 1. The smallest absolute Gasteiger partial charge is 0.350 e. The summed E-state index contributed by atoms with van der Waals surface area (Å²) in [5.41, 5.74) is 0.00115. The zero-order valence-corrected chi connectivity index (χ0v) is 13.1. The molecule has 3 nitrogen and oxygen atoms in total. The van der Waals surface area contributed by atoms with Crippen molar-refractivity contribution >= 4 is 29.1 Å². The van der Waals surface area contributed by atoms with Crippen LogP contribution in [0.3, 0.4) is 0 Å². The first-order chi connectivity index (χ1) is 10.8. The van der Waals surface area contributed by atoms with Crippen molar-refractivity contribution in [1.82, 2.24) is 10.3 Å². The van der Waals surface area contributed by atoms with E-state index in [9.17, 15) is 18.0 Å². The van der Waals surface area contributed by atoms with Crippen LogP contribution in [-0.4, -0.2) is 10.9 Å². The van der Waals surface area contributed by atoms with Crippen molar-refractivity contribution in [3.63, 3.8) is 0 Å². The molecule has 0 bridgehead atoms. The molecule has 8 heteroatoms. The highest BCUT2D eigenvalue weighted by molar-refractivity contribution is 6.31. The highest BCUT2D eigenvalue weighted by Crippen LogP contribution is 2.30. The largest absolute Gasteiger partial charge is 0.417 e. The van der Waals surface area contributed by atoms with Crippen molar-refractivity contribution in [3.05, 3.63) is 63.4 Å². The van der Waals surface area contributed by atoms with Crippen LogP contribution in [0.15, 0.2) is 36.5 Å². The molecule has 0 unspecified atom stereocenters. The summed E-state index contributed by atoms with van der Waals surface area (Å²) in [4.78, 5) is 15.5. The fourth-order valence-electron chi connectivity index (χ4n) is 1.78. The van der Waals surface area contributed by atoms with Gasteiger partial charge in [-0.25, -0.2) is 0 Å². The number of benzene rings is 1. The van der Waals surface area contributed by atoms with E-state index in [1.54, 1.807) is 24.3 Å². The lowest BCUT2D eigenvalue weighted by molar-refractivity contribution is -0.137. The standard InChI is InChI=1S/C15H11Cl2F3N2O/c16-11-3-1-9(2-4-11)5-14(23)22-8-13-12(17)6-10(7-21-13)15(18,19)20/h1-4,6-7H,5,8H2,(H,22,23). The number of hydrogen-bond acceptors (Lipinski definition) is 2. The third-order valence-electron chi connectivity index (χ3n) is 2.98. The second-order valence-electron chi connectivity index (χ2n) is 4.73. The predicted octanol–water partition coefficient (Wildman–Crippen LogP) is 4.27. The van der Waals surface area contributed by atoms with Gasteiger partial charge in [-0.15, -0.1) is 0 Å². The molecule has 0 aliphatic carbocycles. The van der Waals surface area contributed by atoms with Gasteiger partial charge in [-0.1, -0.05) is 35.3 Å². The van der Waals surface area contributed by atoms with Gasteiger partial charge in [0.2, 0.25) is 5.91 Å². The molecule has 1 heterocycles. The number of aromatic nitrogens is 1. The summed E-state index contributed by atoms with van der Waals surface area (Å²) < 4.78 is 37.5. The second kappa shape index (κ2) is 7.19. The Hall–Kier alpha value is -1.79. The maximum Gasteiger partial charge on any atom is 0.417 e. The molecule has 23 heavy (non-hydrogen) atoms. The Labute approximate surface area is 140 Å². The van der Waals surface area contributed by atoms with Crippen LogP contribution in [0.2, 0.25) is 10.0 Å². The molecule has 0 saturated heterocycles. The molecule has 1 N–H and O–H groups in total. The van der Waals surface area contributed by atoms with Crippen molar-refractivity contribution in [2.75, 3.05) is 0 Å². The number of amides is 1. The highest BCUT2D eigenvalue weighted by Gasteiger charge is 2.31. The first kappa shape index (κ1) is 17.6. The maximum atomic E-state index is 12.5. The molecule has 1 aromatic carbocycles. The molecular formula is C15H11Cl2F3N2O. The topological polar surface area (TPSA) is 42.0 Å². The monoisotopic (exact) mass is 362 g/mol. The molecule has 0 aliphatic rings. The number of nitrogens with one attached hydrogen (secondary N) is 1. The molecule has 1 amide bonds. The normalized spacial score (nSPS) is 11.3. The average molecular weight is 363 g/mol. The quantitative estimate of drug-likeness (QED) is 0.882. The van der Waals surface area contributed by atoms with E-state index < -0.39 is 11.7 Å². The molecule has 0 fully saturated rings. The van der Waals surface area contributed by atoms with Gasteiger partial charge in [0.15, 0.2) is 0 Å². The molecule has 0 atom stereocenters. The Balaban J connectivity index is 1.95. The van der Waals surface area contributed by atoms with Gasteiger partial charge in [0.25, 0.3) is 0 Å². The zero-order valence-electron chi connectivity index (χ0n) is 11.6. The Morgan fingerprint density at radius 3 is 2.39 bits per heavy atom. The fourth-order valence-corrected chi connectivity index (χ4v) is 2.14. The van der Waals surface area contributed by atoms with E-state index in [2.05, 4.69) is 10.3 Å². The van der Waals surface area contributed by atoms with E-state index in [0.29, 0.717) is 11.2 Å². The third kappa shape index (κ3) is 5.11. The lowest BCUT2D eigenvalue weighted by atomic mass is 10.1. The van der Waals surface area contributed by atoms with E-state index >= 15 is 0 Å². The Bertz CT molecular complexity index is 703. The summed E-state index contributed by atoms with van der Waals surface area (Å²) in [6, 6.07) is 7.54.